The maximum atomic E-state index is 14.7. The number of ether oxygens (including phenoxy) is 1. The third-order valence-electron chi connectivity index (χ3n) is 8.91. The molecule has 2 aliphatic rings. The van der Waals surface area contributed by atoms with Crippen LogP contribution >= 0.6 is 0 Å². The van der Waals surface area contributed by atoms with Crippen LogP contribution in [-0.4, -0.2) is 96.5 Å². The van der Waals surface area contributed by atoms with Crippen LogP contribution in [0.5, 0.6) is 5.75 Å². The number of nitrogens with zero attached hydrogens (tertiary/aromatic N) is 3. The lowest BCUT2D eigenvalue weighted by atomic mass is 10.0. The molecule has 1 saturated heterocycles. The van der Waals surface area contributed by atoms with Crippen LogP contribution in [0.4, 0.5) is 8.78 Å². The van der Waals surface area contributed by atoms with Crippen LogP contribution in [0.1, 0.15) is 81.1 Å². The van der Waals surface area contributed by atoms with Gasteiger partial charge in [0, 0.05) is 38.8 Å². The van der Waals surface area contributed by atoms with Crippen LogP contribution < -0.4 is 26.9 Å². The number of hydrogen-bond acceptors (Lipinski definition) is 8. The number of hydrazine groups is 1. The molecule has 4 rings (SSSR count). The summed E-state index contributed by atoms with van der Waals surface area (Å²) >= 11 is 0. The lowest BCUT2D eigenvalue weighted by Gasteiger charge is -2.31. The standard InChI is InChI=1S/C32H49F2N7O5.C7H8/c1-21(2)14-26-31(44)41-17-23(34)15-27(41)32(45)39(3)19-29(42)37-12-8-6-4-5-7-9-13-40(36)18-24(35)20-46-28-16-22(33)10-11-25(28)30(43)38-26;1-7-5-3-2-4-6-7/h10-11,16,18,21,23,26-27H,4-9,12-15,17,19-20,35-36H2,1-3H3,(H,37,42)(H,38,43);2-6H,1H3/b24-18-;. The minimum atomic E-state index is -1.45. The van der Waals surface area contributed by atoms with E-state index in [1.807, 2.05) is 32.0 Å². The molecule has 3 atom stereocenters. The number of aryl methyl sites for hydroxylation is 1. The summed E-state index contributed by atoms with van der Waals surface area (Å²) in [6.45, 7) is 6.09. The number of alkyl halides is 1. The highest BCUT2D eigenvalue weighted by molar-refractivity contribution is 6.00. The number of nitrogens with one attached hydrogen (secondary N) is 2. The first kappa shape index (κ1) is 42.7. The van der Waals surface area contributed by atoms with Gasteiger partial charge < -0.3 is 35.9 Å². The second-order valence-corrected chi connectivity index (χ2v) is 14.2. The van der Waals surface area contributed by atoms with E-state index in [0.717, 1.165) is 55.6 Å². The fraction of sp³-hybridized carbons (Fsp3) is 0.538. The number of likely N-dealkylation sites (N-methyl/N-ethyl adjacent to an activating group) is 1. The van der Waals surface area contributed by atoms with E-state index in [1.165, 1.54) is 34.8 Å². The van der Waals surface area contributed by atoms with Crippen LogP contribution in [-0.2, 0) is 14.4 Å². The lowest BCUT2D eigenvalue weighted by Crippen LogP contribution is -2.54. The number of fused-ring (bicyclic) bond motifs is 2. The first-order valence-corrected chi connectivity index (χ1v) is 18.4. The van der Waals surface area contributed by atoms with E-state index in [4.69, 9.17) is 16.3 Å². The molecule has 0 radical (unpaired) electrons. The Morgan fingerprint density at radius 1 is 0.962 bits per heavy atom. The highest BCUT2D eigenvalue weighted by atomic mass is 19.1. The summed E-state index contributed by atoms with van der Waals surface area (Å²) in [4.78, 5) is 55.6. The minimum Gasteiger partial charge on any atom is -0.486 e. The average Bonchev–Trinajstić information content (AvgIpc) is 3.50. The molecule has 2 aliphatic heterocycles. The summed E-state index contributed by atoms with van der Waals surface area (Å²) in [6, 6.07) is 11.4. The van der Waals surface area contributed by atoms with Crippen LogP contribution in [0, 0.1) is 18.7 Å². The first-order valence-electron chi connectivity index (χ1n) is 18.4. The fourth-order valence-electron chi connectivity index (χ4n) is 6.16. The number of rotatable bonds is 2. The van der Waals surface area contributed by atoms with Gasteiger partial charge in [-0.2, -0.15) is 0 Å². The van der Waals surface area contributed by atoms with Crippen molar-refractivity contribution >= 4 is 23.6 Å². The largest absolute Gasteiger partial charge is 0.486 e. The first-order chi connectivity index (χ1) is 25.2. The van der Waals surface area contributed by atoms with Crippen molar-refractivity contribution in [1.82, 2.24) is 25.4 Å². The van der Waals surface area contributed by atoms with Crippen molar-refractivity contribution in [1.29, 1.82) is 0 Å². The number of carbonyl (C=O) groups is 4. The monoisotopic (exact) mass is 741 g/mol. The number of hydrogen-bond donors (Lipinski definition) is 4. The van der Waals surface area contributed by atoms with Gasteiger partial charge in [0.05, 0.1) is 24.4 Å². The van der Waals surface area contributed by atoms with E-state index < -0.39 is 41.8 Å². The molecular weight excluding hydrogens is 684 g/mol. The highest BCUT2D eigenvalue weighted by Gasteiger charge is 2.43. The Morgan fingerprint density at radius 2 is 1.64 bits per heavy atom. The van der Waals surface area contributed by atoms with E-state index in [-0.39, 0.29) is 61.4 Å². The highest BCUT2D eigenvalue weighted by Crippen LogP contribution is 2.26. The zero-order chi connectivity index (χ0) is 38.9. The molecule has 0 saturated carbocycles. The Morgan fingerprint density at radius 3 is 2.30 bits per heavy atom. The van der Waals surface area contributed by atoms with Crippen molar-refractivity contribution < 1.29 is 32.7 Å². The molecule has 12 nitrogen and oxygen atoms in total. The summed E-state index contributed by atoms with van der Waals surface area (Å²) in [5, 5.41) is 6.97. The molecule has 2 heterocycles. The van der Waals surface area contributed by atoms with Gasteiger partial charge in [-0.1, -0.05) is 75.4 Å². The predicted octanol–water partition coefficient (Wildman–Crippen LogP) is 4.19. The van der Waals surface area contributed by atoms with E-state index >= 15 is 0 Å². The van der Waals surface area contributed by atoms with Gasteiger partial charge in [-0.15, -0.1) is 0 Å². The summed E-state index contributed by atoms with van der Waals surface area (Å²) in [6.07, 6.45) is 5.54. The number of amides is 4. The number of carbonyl (C=O) groups excluding carboxylic acids is 4. The summed E-state index contributed by atoms with van der Waals surface area (Å²) < 4.78 is 34.7. The Labute approximate surface area is 312 Å². The smallest absolute Gasteiger partial charge is 0.255 e. The molecular formula is C39H57F2N7O5. The van der Waals surface area contributed by atoms with E-state index in [9.17, 15) is 28.0 Å². The molecule has 0 bridgehead atoms. The Hall–Kier alpha value is -4.72. The van der Waals surface area contributed by atoms with Crippen LogP contribution in [0.2, 0.25) is 0 Å². The molecule has 2 aromatic carbocycles. The van der Waals surface area contributed by atoms with Gasteiger partial charge in [-0.3, -0.25) is 19.2 Å². The van der Waals surface area contributed by atoms with Crippen molar-refractivity contribution in [3.63, 3.8) is 0 Å². The molecule has 53 heavy (non-hydrogen) atoms. The third kappa shape index (κ3) is 14.7. The average molecular weight is 742 g/mol. The molecule has 292 valence electrons. The number of halogens is 2. The molecule has 0 spiro atoms. The topological polar surface area (TPSA) is 163 Å². The van der Waals surface area contributed by atoms with Crippen molar-refractivity contribution in [3.8, 4) is 5.75 Å². The third-order valence-corrected chi connectivity index (χ3v) is 8.91. The zero-order valence-electron chi connectivity index (χ0n) is 31.5. The zero-order valence-corrected chi connectivity index (χ0v) is 31.5. The maximum absolute atomic E-state index is 14.7. The molecule has 0 aliphatic carbocycles. The quantitative estimate of drug-likeness (QED) is 0.333. The van der Waals surface area contributed by atoms with Gasteiger partial charge in [-0.05, 0) is 44.2 Å². The van der Waals surface area contributed by atoms with E-state index in [0.29, 0.717) is 13.1 Å². The summed E-state index contributed by atoms with van der Waals surface area (Å²) in [7, 11) is 1.44. The molecule has 3 unspecified atom stereocenters. The van der Waals surface area contributed by atoms with E-state index in [1.54, 1.807) is 0 Å². The summed E-state index contributed by atoms with van der Waals surface area (Å²) in [5.74, 6) is 3.01. The van der Waals surface area contributed by atoms with Gasteiger partial charge in [0.1, 0.15) is 36.4 Å². The van der Waals surface area contributed by atoms with Crippen molar-refractivity contribution in [2.24, 2.45) is 17.5 Å². The minimum absolute atomic E-state index is 0.0371. The molecule has 1 fully saturated rings. The maximum Gasteiger partial charge on any atom is 0.255 e. The Balaban J connectivity index is 0.000000964. The van der Waals surface area contributed by atoms with Gasteiger partial charge >= 0.3 is 0 Å². The molecule has 6 N–H and O–H groups in total. The van der Waals surface area contributed by atoms with Gasteiger partial charge in [0.25, 0.3) is 5.91 Å². The molecule has 0 aromatic heterocycles. The molecule has 4 amide bonds. The summed E-state index contributed by atoms with van der Waals surface area (Å²) in [5.41, 5.74) is 7.63. The molecule has 2 aromatic rings. The van der Waals surface area contributed by atoms with Crippen molar-refractivity contribution in [2.45, 2.75) is 90.4 Å². The Kier molecular flexibility index (Phi) is 17.5. The van der Waals surface area contributed by atoms with E-state index in [2.05, 4.69) is 29.7 Å². The normalized spacial score (nSPS) is 23.1. The fourth-order valence-corrected chi connectivity index (χ4v) is 6.16. The number of benzene rings is 2. The van der Waals surface area contributed by atoms with Crippen molar-refractivity contribution in [3.05, 3.63) is 77.4 Å². The Bertz CT molecular complexity index is 1530. The van der Waals surface area contributed by atoms with Gasteiger partial charge in [0.15, 0.2) is 0 Å². The van der Waals surface area contributed by atoms with Crippen LogP contribution in [0.25, 0.3) is 0 Å². The van der Waals surface area contributed by atoms with Crippen molar-refractivity contribution in [2.75, 3.05) is 39.8 Å². The van der Waals surface area contributed by atoms with Gasteiger partial charge in [-0.25, -0.2) is 14.6 Å². The van der Waals surface area contributed by atoms with Crippen LogP contribution in [0.3, 0.4) is 0 Å². The second-order valence-electron chi connectivity index (χ2n) is 14.2. The van der Waals surface area contributed by atoms with Crippen LogP contribution in [0.15, 0.2) is 60.4 Å². The molecule has 14 heteroatoms. The SMILES string of the molecule is CC(C)CC1NC(=O)c2ccc(F)cc2OC/C(N)=C/N(N)CCCCCCCCNC(=O)CN(C)C(=O)C2CC(F)CN2C1=O.Cc1ccccc1. The lowest BCUT2D eigenvalue weighted by molar-refractivity contribution is -0.145. The predicted molar refractivity (Wildman–Crippen MR) is 200 cm³/mol. The van der Waals surface area contributed by atoms with Gasteiger partial charge in [0.2, 0.25) is 17.7 Å². The number of nitrogens with two attached hydrogens (primary N) is 2. The second kappa shape index (κ2) is 21.7.